The van der Waals surface area contributed by atoms with Gasteiger partial charge in [-0.25, -0.2) is 9.97 Å². The van der Waals surface area contributed by atoms with E-state index < -0.39 is 17.5 Å². The van der Waals surface area contributed by atoms with E-state index in [0.29, 0.717) is 5.69 Å². The van der Waals surface area contributed by atoms with E-state index in [4.69, 9.17) is 0 Å². The first-order valence-corrected chi connectivity index (χ1v) is 5.76. The quantitative estimate of drug-likeness (QED) is 0.848. The number of carbonyl (C=O) groups is 1. The number of alkyl halides is 3. The summed E-state index contributed by atoms with van der Waals surface area (Å²) in [6.07, 6.45) is -2.07. The van der Waals surface area contributed by atoms with E-state index in [1.807, 2.05) is 0 Å². The van der Waals surface area contributed by atoms with E-state index in [1.54, 1.807) is 0 Å². The lowest BCUT2D eigenvalue weighted by Gasteiger charge is -2.29. The lowest BCUT2D eigenvalue weighted by molar-refractivity contribution is -0.216. The summed E-state index contributed by atoms with van der Waals surface area (Å²) < 4.78 is 39.2. The lowest BCUT2D eigenvalue weighted by atomic mass is 9.85. The molecule has 1 aromatic heterocycles. The van der Waals surface area contributed by atoms with Crippen molar-refractivity contribution in [3.63, 3.8) is 0 Å². The molecule has 0 radical (unpaired) electrons. The predicted octanol–water partition coefficient (Wildman–Crippen LogP) is 0.635. The fourth-order valence-corrected chi connectivity index (χ4v) is 2.02. The zero-order valence-electron chi connectivity index (χ0n) is 10.00. The number of nitrogens with one attached hydrogen (secondary N) is 2. The largest absolute Gasteiger partial charge is 0.404 e. The summed E-state index contributed by atoms with van der Waals surface area (Å²) in [6, 6.07) is 1.54. The van der Waals surface area contributed by atoms with Crippen LogP contribution in [0, 0.1) is 5.41 Å². The van der Waals surface area contributed by atoms with E-state index in [0.717, 1.165) is 0 Å². The van der Waals surface area contributed by atoms with Gasteiger partial charge in [-0.2, -0.15) is 13.2 Å². The molecule has 1 aliphatic heterocycles. The highest BCUT2D eigenvalue weighted by molar-refractivity contribution is 5.84. The minimum atomic E-state index is -4.56. The molecule has 0 saturated carbocycles. The van der Waals surface area contributed by atoms with Crippen molar-refractivity contribution in [1.29, 1.82) is 0 Å². The number of hydrogen-bond donors (Lipinski definition) is 2. The highest BCUT2D eigenvalue weighted by Crippen LogP contribution is 2.43. The van der Waals surface area contributed by atoms with Crippen LogP contribution in [0.3, 0.4) is 0 Å². The highest BCUT2D eigenvalue weighted by atomic mass is 19.4. The summed E-state index contributed by atoms with van der Waals surface area (Å²) in [5, 5.41) is 4.89. The molecule has 0 spiro atoms. The fraction of sp³-hybridized carbons (Fsp3) is 0.545. The average molecular weight is 274 g/mol. The molecule has 1 aliphatic rings. The van der Waals surface area contributed by atoms with E-state index in [2.05, 4.69) is 20.6 Å². The minimum absolute atomic E-state index is 0.0425. The maximum absolute atomic E-state index is 13.1. The number of aromatic nitrogens is 2. The molecule has 1 aromatic rings. The van der Waals surface area contributed by atoms with Crippen LogP contribution in [0.2, 0.25) is 0 Å². The van der Waals surface area contributed by atoms with Gasteiger partial charge >= 0.3 is 6.18 Å². The Labute approximate surface area is 107 Å². The van der Waals surface area contributed by atoms with Crippen molar-refractivity contribution < 1.29 is 18.0 Å². The molecule has 19 heavy (non-hydrogen) atoms. The molecular formula is C11H13F3N4O. The van der Waals surface area contributed by atoms with Gasteiger partial charge in [-0.15, -0.1) is 0 Å². The second-order valence-electron chi connectivity index (χ2n) is 4.39. The number of amides is 1. The molecule has 1 amide bonds. The summed E-state index contributed by atoms with van der Waals surface area (Å²) in [7, 11) is 0. The van der Waals surface area contributed by atoms with Gasteiger partial charge in [-0.3, -0.25) is 4.79 Å². The van der Waals surface area contributed by atoms with Gasteiger partial charge in [0.1, 0.15) is 6.33 Å². The molecule has 0 aliphatic carbocycles. The summed E-state index contributed by atoms with van der Waals surface area (Å²) in [4.78, 5) is 19.4. The summed E-state index contributed by atoms with van der Waals surface area (Å²) in [6.45, 7) is -0.244. The second kappa shape index (κ2) is 5.12. The van der Waals surface area contributed by atoms with Crippen LogP contribution in [0.4, 0.5) is 13.2 Å². The zero-order valence-corrected chi connectivity index (χ0v) is 10.00. The Kier molecular flexibility index (Phi) is 3.70. The standard InChI is InChI=1S/C11H13F3N4O/c12-11(13,14)10(2-4-15-6-10)9(19)17-5-8-1-3-16-7-18-8/h1,3,7,15H,2,4-6H2,(H,17,19). The number of nitrogens with zero attached hydrogens (tertiary/aromatic N) is 2. The Balaban J connectivity index is 2.05. The highest BCUT2D eigenvalue weighted by Gasteiger charge is 2.61. The van der Waals surface area contributed by atoms with Crippen LogP contribution in [-0.4, -0.2) is 35.1 Å². The molecule has 1 saturated heterocycles. The molecular weight excluding hydrogens is 261 g/mol. The minimum Gasteiger partial charge on any atom is -0.350 e. The summed E-state index contributed by atoms with van der Waals surface area (Å²) in [5.74, 6) is -1.01. The summed E-state index contributed by atoms with van der Waals surface area (Å²) in [5.41, 5.74) is -1.87. The average Bonchev–Trinajstić information content (AvgIpc) is 2.87. The van der Waals surface area contributed by atoms with E-state index >= 15 is 0 Å². The van der Waals surface area contributed by atoms with Crippen LogP contribution in [-0.2, 0) is 11.3 Å². The first-order chi connectivity index (χ1) is 8.96. The molecule has 2 heterocycles. The molecule has 0 bridgehead atoms. The second-order valence-corrected chi connectivity index (χ2v) is 4.39. The van der Waals surface area contributed by atoms with Crippen molar-refractivity contribution in [3.05, 3.63) is 24.3 Å². The Hall–Kier alpha value is -1.70. The van der Waals surface area contributed by atoms with Crippen molar-refractivity contribution in [1.82, 2.24) is 20.6 Å². The molecule has 1 fully saturated rings. The Bertz CT molecular complexity index is 443. The van der Waals surface area contributed by atoms with Crippen LogP contribution in [0.25, 0.3) is 0 Å². The van der Waals surface area contributed by atoms with E-state index in [-0.39, 0.29) is 26.1 Å². The van der Waals surface area contributed by atoms with Gasteiger partial charge in [-0.1, -0.05) is 0 Å². The van der Waals surface area contributed by atoms with E-state index in [1.165, 1.54) is 18.6 Å². The third-order valence-corrected chi connectivity index (χ3v) is 3.21. The third kappa shape index (κ3) is 2.67. The van der Waals surface area contributed by atoms with Crippen LogP contribution >= 0.6 is 0 Å². The Morgan fingerprint density at radius 2 is 2.32 bits per heavy atom. The van der Waals surface area contributed by atoms with E-state index in [9.17, 15) is 18.0 Å². The predicted molar refractivity (Wildman–Crippen MR) is 59.9 cm³/mol. The molecule has 5 nitrogen and oxygen atoms in total. The first-order valence-electron chi connectivity index (χ1n) is 5.76. The lowest BCUT2D eigenvalue weighted by Crippen LogP contribution is -2.52. The third-order valence-electron chi connectivity index (χ3n) is 3.21. The first kappa shape index (κ1) is 13.7. The zero-order chi connectivity index (χ0) is 13.9. The molecule has 1 atom stereocenters. The number of rotatable bonds is 3. The maximum Gasteiger partial charge on any atom is 0.404 e. The topological polar surface area (TPSA) is 66.9 Å². The van der Waals surface area contributed by atoms with Gasteiger partial charge in [0.25, 0.3) is 0 Å². The van der Waals surface area contributed by atoms with Crippen molar-refractivity contribution in [2.24, 2.45) is 5.41 Å². The molecule has 104 valence electrons. The number of hydrogen-bond acceptors (Lipinski definition) is 4. The van der Waals surface area contributed by atoms with Crippen LogP contribution in [0.5, 0.6) is 0 Å². The van der Waals surface area contributed by atoms with Crippen LogP contribution < -0.4 is 10.6 Å². The number of halogens is 3. The molecule has 8 heteroatoms. The smallest absolute Gasteiger partial charge is 0.350 e. The van der Waals surface area contributed by atoms with Gasteiger partial charge in [0.05, 0.1) is 12.2 Å². The monoisotopic (exact) mass is 274 g/mol. The van der Waals surface area contributed by atoms with Gasteiger partial charge < -0.3 is 10.6 Å². The summed E-state index contributed by atoms with van der Waals surface area (Å²) >= 11 is 0. The Morgan fingerprint density at radius 3 is 2.84 bits per heavy atom. The van der Waals surface area contributed by atoms with Crippen molar-refractivity contribution in [2.75, 3.05) is 13.1 Å². The molecule has 1 unspecified atom stereocenters. The van der Waals surface area contributed by atoms with Gasteiger partial charge in [-0.05, 0) is 19.0 Å². The van der Waals surface area contributed by atoms with Crippen molar-refractivity contribution in [2.45, 2.75) is 19.1 Å². The molecule has 2 rings (SSSR count). The van der Waals surface area contributed by atoms with Gasteiger partial charge in [0.15, 0.2) is 5.41 Å². The van der Waals surface area contributed by atoms with Gasteiger partial charge in [0, 0.05) is 12.7 Å². The molecule has 0 aromatic carbocycles. The fourth-order valence-electron chi connectivity index (χ4n) is 2.02. The maximum atomic E-state index is 13.1. The molecule has 2 N–H and O–H groups in total. The Morgan fingerprint density at radius 1 is 1.53 bits per heavy atom. The number of carbonyl (C=O) groups excluding carboxylic acids is 1. The van der Waals surface area contributed by atoms with Crippen LogP contribution in [0.1, 0.15) is 12.1 Å². The van der Waals surface area contributed by atoms with Gasteiger partial charge in [0.2, 0.25) is 5.91 Å². The van der Waals surface area contributed by atoms with Crippen LogP contribution in [0.15, 0.2) is 18.6 Å². The van der Waals surface area contributed by atoms with Crippen molar-refractivity contribution in [3.8, 4) is 0 Å². The SMILES string of the molecule is O=C(NCc1ccncn1)C1(C(F)(F)F)CCNC1. The normalized spacial score (nSPS) is 23.3. The van der Waals surface area contributed by atoms with Crippen molar-refractivity contribution >= 4 is 5.91 Å².